The number of hydrogen-bond donors (Lipinski definition) is 0. The number of ether oxygens (including phenoxy) is 1. The van der Waals surface area contributed by atoms with Crippen LogP contribution in [0.1, 0.15) is 29.8 Å². The Morgan fingerprint density at radius 1 is 1.13 bits per heavy atom. The summed E-state index contributed by atoms with van der Waals surface area (Å²) in [6.45, 7) is 5.35. The molecule has 2 aromatic carbocycles. The number of halogens is 1. The van der Waals surface area contributed by atoms with Crippen molar-refractivity contribution in [2.75, 3.05) is 7.11 Å². The molecule has 0 N–H and O–H groups in total. The van der Waals surface area contributed by atoms with Crippen LogP contribution in [-0.2, 0) is 22.6 Å². The monoisotopic (exact) mass is 557 g/mol. The Kier molecular flexibility index (Phi) is 7.05. The zero-order chi connectivity index (χ0) is 22.8. The van der Waals surface area contributed by atoms with Crippen molar-refractivity contribution in [3.8, 4) is 0 Å². The minimum absolute atomic E-state index is 0.0601. The van der Waals surface area contributed by atoms with Gasteiger partial charge in [0.25, 0.3) is 0 Å². The predicted octanol–water partition coefficient (Wildman–Crippen LogP) is 4.12. The molecule has 1 heterocycles. The number of nitrogens with zero attached hydrogens (tertiary/aromatic N) is 1. The van der Waals surface area contributed by atoms with Crippen molar-refractivity contribution < 1.29 is 25.8 Å². The van der Waals surface area contributed by atoms with Crippen molar-refractivity contribution >= 4 is 42.2 Å². The van der Waals surface area contributed by atoms with E-state index < -0.39 is 48.2 Å². The van der Waals surface area contributed by atoms with Crippen molar-refractivity contribution in [3.05, 3.63) is 73.5 Å². The fourth-order valence-corrected chi connectivity index (χ4v) is 8.50. The summed E-state index contributed by atoms with van der Waals surface area (Å²) in [6.07, 6.45) is 1.36. The maximum atomic E-state index is 13.5. The Morgan fingerprint density at radius 2 is 1.77 bits per heavy atom. The third-order valence-electron chi connectivity index (χ3n) is 4.71. The number of methoxy groups -OCH3 is 1. The molecular formula is C22H24INO6S. The van der Waals surface area contributed by atoms with E-state index in [1.165, 1.54) is 25.4 Å². The van der Waals surface area contributed by atoms with Gasteiger partial charge < -0.3 is 0 Å². The second kappa shape index (κ2) is 9.39. The number of esters is 1. The van der Waals surface area contributed by atoms with Gasteiger partial charge in [0.1, 0.15) is 0 Å². The van der Waals surface area contributed by atoms with Crippen LogP contribution in [0.3, 0.4) is 0 Å². The summed E-state index contributed by atoms with van der Waals surface area (Å²) in [5, 5.41) is 0. The van der Waals surface area contributed by atoms with Crippen molar-refractivity contribution in [3.63, 3.8) is 0 Å². The summed E-state index contributed by atoms with van der Waals surface area (Å²) < 4.78 is 40.9. The Balaban J connectivity index is 2.06. The standard InChI is InChI=1S/C22H24INO6S/c1-15(2)20(22(26)29-4)24(31(27,28)17-11-9-16(3)10-12-17)14-13-23-19-8-6-5-7-18(19)21(25)30-23/h5-15,20H,1-4H3/b14-13-/t20-/m0/s1. The van der Waals surface area contributed by atoms with E-state index in [2.05, 4.69) is 0 Å². The number of carbonyl (C=O) groups is 2. The molecule has 2 aromatic rings. The van der Waals surface area contributed by atoms with Gasteiger partial charge >= 0.3 is 191 Å². The fourth-order valence-electron chi connectivity index (χ4n) is 3.09. The predicted molar refractivity (Wildman–Crippen MR) is 125 cm³/mol. The van der Waals surface area contributed by atoms with Crippen LogP contribution in [0.5, 0.6) is 0 Å². The number of fused-ring (bicyclic) bond motifs is 1. The van der Waals surface area contributed by atoms with Gasteiger partial charge in [-0.3, -0.25) is 0 Å². The van der Waals surface area contributed by atoms with E-state index in [0.717, 1.165) is 13.4 Å². The Labute approximate surface area is 190 Å². The zero-order valence-corrected chi connectivity index (χ0v) is 20.6. The van der Waals surface area contributed by atoms with E-state index in [-0.39, 0.29) is 10.8 Å². The van der Waals surface area contributed by atoms with Crippen LogP contribution in [-0.4, -0.2) is 37.8 Å². The van der Waals surface area contributed by atoms with Crippen LogP contribution >= 0.6 is 20.2 Å². The van der Waals surface area contributed by atoms with E-state index in [1.54, 1.807) is 42.2 Å². The molecule has 0 radical (unpaired) electrons. The van der Waals surface area contributed by atoms with Crippen molar-refractivity contribution in [2.24, 2.45) is 5.92 Å². The topological polar surface area (TPSA) is 90.0 Å². The van der Waals surface area contributed by atoms with Crippen LogP contribution in [0, 0.1) is 16.4 Å². The van der Waals surface area contributed by atoms with E-state index in [0.29, 0.717) is 5.56 Å². The molecule has 9 heteroatoms. The summed E-state index contributed by atoms with van der Waals surface area (Å²) >= 11 is -2.57. The van der Waals surface area contributed by atoms with Gasteiger partial charge in [0, 0.05) is 0 Å². The van der Waals surface area contributed by atoms with Gasteiger partial charge in [0.2, 0.25) is 0 Å². The number of hydrogen-bond acceptors (Lipinski definition) is 6. The number of benzene rings is 2. The molecule has 1 aliphatic rings. The summed E-state index contributed by atoms with van der Waals surface area (Å²) in [5.41, 5.74) is 1.41. The average molecular weight is 557 g/mol. The molecule has 0 bridgehead atoms. The van der Waals surface area contributed by atoms with Crippen molar-refractivity contribution in [1.29, 1.82) is 0 Å². The van der Waals surface area contributed by atoms with E-state index >= 15 is 0 Å². The molecule has 0 spiro atoms. The third kappa shape index (κ3) is 4.77. The SMILES string of the molecule is COC(=O)[C@H](C(C)C)N(/C=C\I1OC(=O)c2ccccc21)S(=O)(=O)c1ccc(C)cc1. The van der Waals surface area contributed by atoms with Gasteiger partial charge in [0.05, 0.1) is 0 Å². The van der Waals surface area contributed by atoms with Crippen LogP contribution in [0.15, 0.2) is 63.7 Å². The summed E-state index contributed by atoms with van der Waals surface area (Å²) in [5.74, 6) is -1.44. The quantitative estimate of drug-likeness (QED) is 0.376. The summed E-state index contributed by atoms with van der Waals surface area (Å²) in [7, 11) is -2.84. The molecule has 0 saturated carbocycles. The van der Waals surface area contributed by atoms with Crippen LogP contribution in [0.2, 0.25) is 0 Å². The van der Waals surface area contributed by atoms with Crippen LogP contribution < -0.4 is 0 Å². The molecule has 31 heavy (non-hydrogen) atoms. The zero-order valence-electron chi connectivity index (χ0n) is 17.6. The van der Waals surface area contributed by atoms with Gasteiger partial charge in [-0.2, -0.15) is 0 Å². The number of sulfonamides is 1. The minimum atomic E-state index is -4.07. The van der Waals surface area contributed by atoms with Gasteiger partial charge in [-0.25, -0.2) is 0 Å². The molecule has 7 nitrogen and oxygen atoms in total. The molecule has 0 saturated heterocycles. The molecule has 1 aliphatic heterocycles. The van der Waals surface area contributed by atoms with Gasteiger partial charge in [0.15, 0.2) is 0 Å². The Morgan fingerprint density at radius 3 is 2.39 bits per heavy atom. The first-order valence-corrected chi connectivity index (χ1v) is 14.2. The Bertz CT molecular complexity index is 1110. The molecule has 3 rings (SSSR count). The second-order valence-corrected chi connectivity index (χ2v) is 13.0. The third-order valence-corrected chi connectivity index (χ3v) is 10.4. The second-order valence-electron chi connectivity index (χ2n) is 7.25. The molecule has 0 aliphatic carbocycles. The first-order valence-electron chi connectivity index (χ1n) is 9.53. The van der Waals surface area contributed by atoms with Gasteiger partial charge in [-0.05, 0) is 0 Å². The molecule has 0 amide bonds. The molecule has 0 unspecified atom stereocenters. The van der Waals surface area contributed by atoms with Crippen molar-refractivity contribution in [1.82, 2.24) is 4.31 Å². The van der Waals surface area contributed by atoms with Gasteiger partial charge in [-0.15, -0.1) is 0 Å². The first kappa shape index (κ1) is 23.3. The van der Waals surface area contributed by atoms with Gasteiger partial charge in [-0.1, -0.05) is 0 Å². The molecule has 166 valence electrons. The van der Waals surface area contributed by atoms with E-state index in [1.807, 2.05) is 19.1 Å². The summed E-state index contributed by atoms with van der Waals surface area (Å²) in [4.78, 5) is 24.7. The number of aryl methyl sites for hydroxylation is 1. The number of carbonyl (C=O) groups excluding carboxylic acids is 2. The average Bonchev–Trinajstić information content (AvgIpc) is 3.06. The fraction of sp³-hybridized carbons (Fsp3) is 0.273. The molecular weight excluding hydrogens is 533 g/mol. The van der Waals surface area contributed by atoms with E-state index in [4.69, 9.17) is 7.80 Å². The van der Waals surface area contributed by atoms with Crippen LogP contribution in [0.25, 0.3) is 0 Å². The normalized spacial score (nSPS) is 15.6. The van der Waals surface area contributed by atoms with Crippen LogP contribution in [0.4, 0.5) is 0 Å². The summed E-state index contributed by atoms with van der Waals surface area (Å²) in [6, 6.07) is 12.4. The molecule has 0 fully saturated rings. The molecule has 0 aromatic heterocycles. The molecule has 1 atom stereocenters. The Hall–Kier alpha value is -2.40. The van der Waals surface area contributed by atoms with Crippen molar-refractivity contribution in [2.45, 2.75) is 31.7 Å². The first-order chi connectivity index (χ1) is 14.7. The number of rotatable bonds is 7. The maximum absolute atomic E-state index is 13.5. The van der Waals surface area contributed by atoms with E-state index in [9.17, 15) is 18.0 Å².